The van der Waals surface area contributed by atoms with E-state index in [4.69, 9.17) is 21.8 Å². The number of hydrogen-bond acceptors (Lipinski definition) is 4. The number of ketones is 1. The fourth-order valence-corrected chi connectivity index (χ4v) is 0.766. The minimum absolute atomic E-state index is 0.0191. The van der Waals surface area contributed by atoms with Crippen molar-refractivity contribution < 1.29 is 15.0 Å². The van der Waals surface area contributed by atoms with Gasteiger partial charge in [0.1, 0.15) is 5.69 Å². The van der Waals surface area contributed by atoms with E-state index < -0.39 is 12.1 Å². The van der Waals surface area contributed by atoms with Crippen LogP contribution in [0.15, 0.2) is 18.3 Å². The summed E-state index contributed by atoms with van der Waals surface area (Å²) in [7, 11) is 0. The Bertz CT molecular complexity index is 283. The summed E-state index contributed by atoms with van der Waals surface area (Å²) in [4.78, 5) is 14.4. The highest BCUT2D eigenvalue weighted by Gasteiger charge is 2.14. The second-order valence-corrected chi connectivity index (χ2v) is 2.54. The van der Waals surface area contributed by atoms with Crippen LogP contribution in [-0.4, -0.2) is 27.3 Å². The van der Waals surface area contributed by atoms with Gasteiger partial charge in [0, 0.05) is 6.20 Å². The number of aliphatic hydroxyl groups is 2. The zero-order chi connectivity index (χ0) is 9.14. The summed E-state index contributed by atoms with van der Waals surface area (Å²) >= 11 is 5.50. The highest BCUT2D eigenvalue weighted by molar-refractivity contribution is 6.30. The molecule has 4 nitrogen and oxygen atoms in total. The van der Waals surface area contributed by atoms with Gasteiger partial charge in [-0.25, -0.2) is 0 Å². The van der Waals surface area contributed by atoms with Crippen molar-refractivity contribution in [2.45, 2.75) is 6.29 Å². The van der Waals surface area contributed by atoms with Gasteiger partial charge in [-0.3, -0.25) is 9.78 Å². The Kier molecular flexibility index (Phi) is 2.75. The summed E-state index contributed by atoms with van der Waals surface area (Å²) in [5.74, 6) is -0.841. The van der Waals surface area contributed by atoms with Crippen molar-refractivity contribution in [2.75, 3.05) is 0 Å². The Hall–Kier alpha value is -0.970. The van der Waals surface area contributed by atoms with E-state index in [-0.39, 0.29) is 5.69 Å². The Morgan fingerprint density at radius 2 is 2.17 bits per heavy atom. The summed E-state index contributed by atoms with van der Waals surface area (Å²) in [6, 6.07) is 2.77. The summed E-state index contributed by atoms with van der Waals surface area (Å²) in [6.45, 7) is 0. The van der Waals surface area contributed by atoms with Crippen LogP contribution in [0.25, 0.3) is 0 Å². The molecule has 0 unspecified atom stereocenters. The minimum atomic E-state index is -2.02. The van der Waals surface area contributed by atoms with Crippen LogP contribution in [0.4, 0.5) is 0 Å². The van der Waals surface area contributed by atoms with Crippen LogP contribution in [0, 0.1) is 0 Å². The molecular weight excluding hydrogens is 182 g/mol. The van der Waals surface area contributed by atoms with Crippen LogP contribution >= 0.6 is 11.6 Å². The van der Waals surface area contributed by atoms with Crippen LogP contribution < -0.4 is 0 Å². The molecule has 1 heterocycles. The molecule has 5 heteroatoms. The second-order valence-electron chi connectivity index (χ2n) is 2.10. The van der Waals surface area contributed by atoms with E-state index in [1.165, 1.54) is 18.3 Å². The molecule has 2 N–H and O–H groups in total. The molecule has 64 valence electrons. The minimum Gasteiger partial charge on any atom is -0.362 e. The molecule has 1 rings (SSSR count). The summed E-state index contributed by atoms with van der Waals surface area (Å²) < 4.78 is 0. The van der Waals surface area contributed by atoms with Crippen LogP contribution in [-0.2, 0) is 0 Å². The number of nitrogens with zero attached hydrogens (tertiary/aromatic N) is 1. The molecule has 0 radical (unpaired) electrons. The van der Waals surface area contributed by atoms with E-state index in [0.29, 0.717) is 5.02 Å². The third-order valence-corrected chi connectivity index (χ3v) is 1.44. The first-order valence-corrected chi connectivity index (χ1v) is 3.51. The third-order valence-electron chi connectivity index (χ3n) is 1.21. The largest absolute Gasteiger partial charge is 0.362 e. The molecule has 0 saturated heterocycles. The molecule has 0 atom stereocenters. The number of carbonyl (C=O) groups is 1. The maximum atomic E-state index is 10.9. The molecule has 0 spiro atoms. The highest BCUT2D eigenvalue weighted by Crippen LogP contribution is 2.07. The molecule has 0 aromatic carbocycles. The van der Waals surface area contributed by atoms with Gasteiger partial charge in [-0.2, -0.15) is 0 Å². The molecule has 0 bridgehead atoms. The number of hydrogen-bond donors (Lipinski definition) is 2. The third kappa shape index (κ3) is 2.01. The van der Waals surface area contributed by atoms with Gasteiger partial charge in [-0.15, -0.1) is 0 Å². The van der Waals surface area contributed by atoms with Gasteiger partial charge in [0.05, 0.1) is 5.02 Å². The highest BCUT2D eigenvalue weighted by atomic mass is 35.5. The van der Waals surface area contributed by atoms with E-state index in [2.05, 4.69) is 4.98 Å². The van der Waals surface area contributed by atoms with Gasteiger partial charge >= 0.3 is 0 Å². The number of aromatic nitrogens is 1. The van der Waals surface area contributed by atoms with Crippen molar-refractivity contribution in [1.29, 1.82) is 0 Å². The van der Waals surface area contributed by atoms with Gasteiger partial charge in [-0.1, -0.05) is 11.6 Å². The van der Waals surface area contributed by atoms with Crippen molar-refractivity contribution in [1.82, 2.24) is 4.98 Å². The van der Waals surface area contributed by atoms with E-state index in [1.54, 1.807) is 0 Å². The Morgan fingerprint density at radius 3 is 2.58 bits per heavy atom. The zero-order valence-corrected chi connectivity index (χ0v) is 6.69. The monoisotopic (exact) mass is 187 g/mol. The lowest BCUT2D eigenvalue weighted by molar-refractivity contribution is -0.0198. The van der Waals surface area contributed by atoms with Crippen LogP contribution in [0.2, 0.25) is 5.02 Å². The van der Waals surface area contributed by atoms with Gasteiger partial charge in [0.15, 0.2) is 0 Å². The first-order valence-electron chi connectivity index (χ1n) is 3.13. The number of aliphatic hydroxyl groups excluding tert-OH is 1. The number of pyridine rings is 1. The number of Topliss-reactive ketones (excluding diaryl/α,β-unsaturated/α-hetero) is 1. The molecule has 1 aromatic rings. The molecule has 1 aromatic heterocycles. The van der Waals surface area contributed by atoms with E-state index in [0.717, 1.165) is 0 Å². The standard InChI is InChI=1S/C7H6ClNO3/c8-4-1-2-5(9-3-4)6(10)7(11)12/h1-3,7,11-12H. The average Bonchev–Trinajstić information content (AvgIpc) is 2.04. The van der Waals surface area contributed by atoms with E-state index >= 15 is 0 Å². The molecular formula is C7H6ClNO3. The smallest absolute Gasteiger partial charge is 0.236 e. The average molecular weight is 188 g/mol. The van der Waals surface area contributed by atoms with E-state index in [9.17, 15) is 4.79 Å². The second kappa shape index (κ2) is 3.62. The first-order chi connectivity index (χ1) is 5.61. The Morgan fingerprint density at radius 1 is 1.50 bits per heavy atom. The fourth-order valence-electron chi connectivity index (χ4n) is 0.654. The van der Waals surface area contributed by atoms with Gasteiger partial charge in [-0.05, 0) is 12.1 Å². The molecule has 0 aliphatic rings. The number of halogens is 1. The fraction of sp³-hybridized carbons (Fsp3) is 0.143. The lowest BCUT2D eigenvalue weighted by Crippen LogP contribution is -2.20. The van der Waals surface area contributed by atoms with Gasteiger partial charge in [0.2, 0.25) is 12.1 Å². The maximum absolute atomic E-state index is 10.9. The molecule has 0 amide bonds. The SMILES string of the molecule is O=C(c1ccc(Cl)cn1)C(O)O. The summed E-state index contributed by atoms with van der Waals surface area (Å²) in [5, 5.41) is 17.3. The molecule has 0 aliphatic heterocycles. The lowest BCUT2D eigenvalue weighted by atomic mass is 10.2. The van der Waals surface area contributed by atoms with Crippen molar-refractivity contribution in [3.05, 3.63) is 29.0 Å². The van der Waals surface area contributed by atoms with Gasteiger partial charge in [0.25, 0.3) is 0 Å². The van der Waals surface area contributed by atoms with E-state index in [1.807, 2.05) is 0 Å². The Balaban J connectivity index is 2.90. The van der Waals surface area contributed by atoms with Crippen molar-refractivity contribution in [3.63, 3.8) is 0 Å². The normalized spacial score (nSPS) is 10.3. The number of rotatable bonds is 2. The van der Waals surface area contributed by atoms with Crippen molar-refractivity contribution >= 4 is 17.4 Å². The topological polar surface area (TPSA) is 70.4 Å². The molecule has 12 heavy (non-hydrogen) atoms. The van der Waals surface area contributed by atoms with Crippen LogP contribution in [0.1, 0.15) is 10.5 Å². The first kappa shape index (κ1) is 9.12. The molecule has 0 aliphatic carbocycles. The van der Waals surface area contributed by atoms with Crippen molar-refractivity contribution in [2.24, 2.45) is 0 Å². The summed E-state index contributed by atoms with van der Waals surface area (Å²) in [5.41, 5.74) is -0.0191. The Labute approximate surface area is 73.4 Å². The van der Waals surface area contributed by atoms with Crippen LogP contribution in [0.5, 0.6) is 0 Å². The van der Waals surface area contributed by atoms with Gasteiger partial charge < -0.3 is 10.2 Å². The quantitative estimate of drug-likeness (QED) is 0.514. The zero-order valence-electron chi connectivity index (χ0n) is 5.94. The van der Waals surface area contributed by atoms with Crippen molar-refractivity contribution in [3.8, 4) is 0 Å². The molecule has 0 fully saturated rings. The summed E-state index contributed by atoms with van der Waals surface area (Å²) in [6.07, 6.45) is -0.754. The van der Waals surface area contributed by atoms with Crippen LogP contribution in [0.3, 0.4) is 0 Å². The number of carbonyl (C=O) groups excluding carboxylic acids is 1. The predicted octanol–water partition coefficient (Wildman–Crippen LogP) is 0.228. The molecule has 0 saturated carbocycles. The predicted molar refractivity (Wildman–Crippen MR) is 41.8 cm³/mol. The lowest BCUT2D eigenvalue weighted by Gasteiger charge is -2.00. The maximum Gasteiger partial charge on any atom is 0.236 e.